The molecule has 0 spiro atoms. The van der Waals surface area contributed by atoms with Crippen LogP contribution in [0, 0.1) is 19.8 Å². The Morgan fingerprint density at radius 1 is 1.06 bits per heavy atom. The molecule has 1 atom stereocenters. The summed E-state index contributed by atoms with van der Waals surface area (Å²) in [5.74, 6) is 0.470. The van der Waals surface area contributed by atoms with Crippen LogP contribution in [0.15, 0.2) is 18.2 Å². The van der Waals surface area contributed by atoms with Crippen LogP contribution in [-0.4, -0.2) is 5.11 Å². The zero-order chi connectivity index (χ0) is 12.3. The Morgan fingerprint density at radius 3 is 2.35 bits per heavy atom. The Morgan fingerprint density at radius 2 is 1.71 bits per heavy atom. The summed E-state index contributed by atoms with van der Waals surface area (Å²) < 4.78 is 0. The van der Waals surface area contributed by atoms with Crippen LogP contribution in [-0.2, 0) is 0 Å². The molecule has 0 aromatic heterocycles. The lowest BCUT2D eigenvalue weighted by molar-refractivity contribution is 0.0981. The molecule has 1 aliphatic rings. The molecule has 0 aliphatic heterocycles. The molecule has 94 valence electrons. The molecule has 0 amide bonds. The van der Waals surface area contributed by atoms with Gasteiger partial charge in [0.2, 0.25) is 0 Å². The molecule has 1 saturated carbocycles. The minimum absolute atomic E-state index is 0.256. The van der Waals surface area contributed by atoms with Crippen molar-refractivity contribution in [1.29, 1.82) is 0 Å². The maximum absolute atomic E-state index is 10.6. The van der Waals surface area contributed by atoms with Crippen LogP contribution in [0.5, 0.6) is 0 Å². The minimum Gasteiger partial charge on any atom is -0.388 e. The first-order valence-electron chi connectivity index (χ1n) is 6.93. The summed E-state index contributed by atoms with van der Waals surface area (Å²) in [5, 5.41) is 10.6. The lowest BCUT2D eigenvalue weighted by atomic mass is 9.87. The first-order valence-corrected chi connectivity index (χ1v) is 6.93. The number of hydrogen-bond donors (Lipinski definition) is 1. The second-order valence-corrected chi connectivity index (χ2v) is 5.56. The SMILES string of the molecule is Cc1ccc(C)c(C(O)C2CCCCCC2)c1. The summed E-state index contributed by atoms with van der Waals surface area (Å²) in [6.45, 7) is 4.21. The van der Waals surface area contributed by atoms with E-state index in [2.05, 4.69) is 32.0 Å². The molecule has 1 aromatic carbocycles. The summed E-state index contributed by atoms with van der Waals surface area (Å²) in [5.41, 5.74) is 3.63. The lowest BCUT2D eigenvalue weighted by Gasteiger charge is -2.23. The van der Waals surface area contributed by atoms with Crippen LogP contribution in [0.4, 0.5) is 0 Å². The maximum Gasteiger partial charge on any atom is 0.0820 e. The quantitative estimate of drug-likeness (QED) is 0.753. The highest BCUT2D eigenvalue weighted by atomic mass is 16.3. The fourth-order valence-electron chi connectivity index (χ4n) is 2.96. The van der Waals surface area contributed by atoms with Gasteiger partial charge < -0.3 is 5.11 Å². The van der Waals surface area contributed by atoms with Gasteiger partial charge in [-0.1, -0.05) is 49.4 Å². The first kappa shape index (κ1) is 12.6. The molecule has 1 heteroatoms. The Balaban J connectivity index is 2.16. The molecule has 0 bridgehead atoms. The van der Waals surface area contributed by atoms with E-state index in [0.717, 1.165) is 5.56 Å². The zero-order valence-corrected chi connectivity index (χ0v) is 11.1. The maximum atomic E-state index is 10.6. The highest BCUT2D eigenvalue weighted by molar-refractivity contribution is 5.32. The van der Waals surface area contributed by atoms with Crippen molar-refractivity contribution >= 4 is 0 Å². The molecule has 1 aliphatic carbocycles. The average Bonchev–Trinajstić information content (AvgIpc) is 2.60. The van der Waals surface area contributed by atoms with Crippen molar-refractivity contribution < 1.29 is 5.11 Å². The molecule has 1 N–H and O–H groups in total. The third-order valence-electron chi connectivity index (χ3n) is 4.10. The molecule has 1 fully saturated rings. The Hall–Kier alpha value is -0.820. The Labute approximate surface area is 105 Å². The van der Waals surface area contributed by atoms with Crippen molar-refractivity contribution in [2.24, 2.45) is 5.92 Å². The predicted molar refractivity (Wildman–Crippen MR) is 72.1 cm³/mol. The van der Waals surface area contributed by atoms with E-state index in [0.29, 0.717) is 5.92 Å². The second-order valence-electron chi connectivity index (χ2n) is 5.56. The molecule has 0 heterocycles. The van der Waals surface area contributed by atoms with E-state index >= 15 is 0 Å². The number of rotatable bonds is 2. The van der Waals surface area contributed by atoms with Crippen LogP contribution < -0.4 is 0 Å². The van der Waals surface area contributed by atoms with Crippen molar-refractivity contribution in [2.75, 3.05) is 0 Å². The van der Waals surface area contributed by atoms with Gasteiger partial charge in [0.1, 0.15) is 0 Å². The fraction of sp³-hybridized carbons (Fsp3) is 0.625. The molecule has 17 heavy (non-hydrogen) atoms. The summed E-state index contributed by atoms with van der Waals surface area (Å²) >= 11 is 0. The number of aliphatic hydroxyl groups is 1. The lowest BCUT2D eigenvalue weighted by Crippen LogP contribution is -2.13. The van der Waals surface area contributed by atoms with E-state index in [-0.39, 0.29) is 6.10 Å². The second kappa shape index (κ2) is 5.68. The number of hydrogen-bond acceptors (Lipinski definition) is 1. The highest BCUT2D eigenvalue weighted by Gasteiger charge is 2.23. The van der Waals surface area contributed by atoms with Gasteiger partial charge in [0.05, 0.1) is 6.10 Å². The van der Waals surface area contributed by atoms with Gasteiger partial charge in [-0.3, -0.25) is 0 Å². The molecule has 0 radical (unpaired) electrons. The van der Waals surface area contributed by atoms with E-state index in [1.807, 2.05) is 0 Å². The predicted octanol–water partition coefficient (Wildman–Crippen LogP) is 4.31. The van der Waals surface area contributed by atoms with Gasteiger partial charge in [-0.05, 0) is 43.7 Å². The normalized spacial score (nSPS) is 19.9. The molecule has 1 nitrogen and oxygen atoms in total. The number of aryl methyl sites for hydroxylation is 2. The van der Waals surface area contributed by atoms with Crippen molar-refractivity contribution in [2.45, 2.75) is 58.5 Å². The van der Waals surface area contributed by atoms with Gasteiger partial charge in [0, 0.05) is 0 Å². The van der Waals surface area contributed by atoms with Crippen LogP contribution in [0.2, 0.25) is 0 Å². The summed E-state index contributed by atoms with van der Waals surface area (Å²) in [6.07, 6.45) is 7.38. The molecule has 2 rings (SSSR count). The van der Waals surface area contributed by atoms with Crippen LogP contribution in [0.25, 0.3) is 0 Å². The zero-order valence-electron chi connectivity index (χ0n) is 11.1. The fourth-order valence-corrected chi connectivity index (χ4v) is 2.96. The van der Waals surface area contributed by atoms with Gasteiger partial charge in [0.25, 0.3) is 0 Å². The average molecular weight is 232 g/mol. The van der Waals surface area contributed by atoms with Crippen LogP contribution in [0.1, 0.15) is 61.3 Å². The molecular weight excluding hydrogens is 208 g/mol. The molecule has 1 unspecified atom stereocenters. The van der Waals surface area contributed by atoms with Gasteiger partial charge in [-0.25, -0.2) is 0 Å². The minimum atomic E-state index is -0.256. The van der Waals surface area contributed by atoms with Crippen molar-refractivity contribution in [1.82, 2.24) is 0 Å². The monoisotopic (exact) mass is 232 g/mol. The third-order valence-corrected chi connectivity index (χ3v) is 4.10. The largest absolute Gasteiger partial charge is 0.388 e. The highest BCUT2D eigenvalue weighted by Crippen LogP contribution is 2.34. The van der Waals surface area contributed by atoms with E-state index < -0.39 is 0 Å². The van der Waals surface area contributed by atoms with Gasteiger partial charge >= 0.3 is 0 Å². The first-order chi connectivity index (χ1) is 8.18. The van der Waals surface area contributed by atoms with Gasteiger partial charge in [-0.15, -0.1) is 0 Å². The number of aliphatic hydroxyl groups excluding tert-OH is 1. The molecule has 1 aromatic rings. The standard InChI is InChI=1S/C16H24O/c1-12-9-10-13(2)15(11-12)16(17)14-7-5-3-4-6-8-14/h9-11,14,16-17H,3-8H2,1-2H3. The van der Waals surface area contributed by atoms with Gasteiger partial charge in [-0.2, -0.15) is 0 Å². The summed E-state index contributed by atoms with van der Waals surface area (Å²) in [7, 11) is 0. The Kier molecular flexibility index (Phi) is 4.22. The van der Waals surface area contributed by atoms with E-state index in [1.165, 1.54) is 49.7 Å². The smallest absolute Gasteiger partial charge is 0.0820 e. The van der Waals surface area contributed by atoms with Gasteiger partial charge in [0.15, 0.2) is 0 Å². The topological polar surface area (TPSA) is 20.2 Å². The van der Waals surface area contributed by atoms with Crippen LogP contribution in [0.3, 0.4) is 0 Å². The molecular formula is C16H24O. The van der Waals surface area contributed by atoms with E-state index in [4.69, 9.17) is 0 Å². The van der Waals surface area contributed by atoms with E-state index in [9.17, 15) is 5.11 Å². The van der Waals surface area contributed by atoms with Crippen molar-refractivity contribution in [3.63, 3.8) is 0 Å². The van der Waals surface area contributed by atoms with Crippen molar-refractivity contribution in [3.05, 3.63) is 34.9 Å². The van der Waals surface area contributed by atoms with E-state index in [1.54, 1.807) is 0 Å². The third kappa shape index (κ3) is 3.10. The number of benzene rings is 1. The van der Waals surface area contributed by atoms with Crippen LogP contribution >= 0.6 is 0 Å². The summed E-state index contributed by atoms with van der Waals surface area (Å²) in [4.78, 5) is 0. The summed E-state index contributed by atoms with van der Waals surface area (Å²) in [6, 6.07) is 6.41. The molecule has 0 saturated heterocycles. The van der Waals surface area contributed by atoms with Crippen molar-refractivity contribution in [3.8, 4) is 0 Å². The Bertz CT molecular complexity index is 362.